The largest absolute Gasteiger partial charge is 0.472 e. The van der Waals surface area contributed by atoms with E-state index in [1.165, 1.54) is 30.7 Å². The number of hydrogen-bond acceptors (Lipinski definition) is 8. The van der Waals surface area contributed by atoms with Crippen molar-refractivity contribution in [1.82, 2.24) is 25.6 Å². The summed E-state index contributed by atoms with van der Waals surface area (Å²) in [6, 6.07) is 3.86. The summed E-state index contributed by atoms with van der Waals surface area (Å²) in [4.78, 5) is 23.6. The second-order valence-electron chi connectivity index (χ2n) is 5.21. The summed E-state index contributed by atoms with van der Waals surface area (Å²) < 4.78 is 23.2. The van der Waals surface area contributed by atoms with Crippen molar-refractivity contribution in [3.63, 3.8) is 0 Å². The van der Waals surface area contributed by atoms with Crippen LogP contribution in [0.25, 0.3) is 0 Å². The van der Waals surface area contributed by atoms with Crippen molar-refractivity contribution in [2.45, 2.75) is 0 Å². The van der Waals surface area contributed by atoms with Crippen LogP contribution in [0.4, 0.5) is 10.1 Å². The Hall–Kier alpha value is -3.60. The second-order valence-corrected chi connectivity index (χ2v) is 5.62. The van der Waals surface area contributed by atoms with Crippen LogP contribution in [0, 0.1) is 5.82 Å². The molecule has 0 aliphatic rings. The van der Waals surface area contributed by atoms with Crippen LogP contribution in [0.5, 0.6) is 5.88 Å². The lowest BCUT2D eigenvalue weighted by atomic mass is 10.3. The number of nitrogens with one attached hydrogen (secondary N) is 1. The van der Waals surface area contributed by atoms with Crippen LogP contribution in [-0.2, 0) is 0 Å². The van der Waals surface area contributed by atoms with Gasteiger partial charge in [-0.05, 0) is 28.5 Å². The normalized spacial score (nSPS) is 11.3. The highest BCUT2D eigenvalue weighted by Crippen LogP contribution is 2.22. The third-order valence-electron chi connectivity index (χ3n) is 3.28. The van der Waals surface area contributed by atoms with E-state index in [2.05, 4.69) is 35.2 Å². The van der Waals surface area contributed by atoms with Gasteiger partial charge in [-0.1, -0.05) is 11.6 Å². The number of nitrogens with zero attached hydrogens (tertiary/aromatic N) is 5. The topological polar surface area (TPSA) is 141 Å². The molecule has 0 saturated carbocycles. The van der Waals surface area contributed by atoms with Gasteiger partial charge in [0.15, 0.2) is 5.84 Å². The van der Waals surface area contributed by atoms with Crippen LogP contribution in [-0.4, -0.2) is 45.2 Å². The fraction of sp³-hybridized carbons (Fsp3) is 0.125. The lowest BCUT2D eigenvalue weighted by Crippen LogP contribution is -2.29. The van der Waals surface area contributed by atoms with Crippen molar-refractivity contribution in [1.29, 1.82) is 0 Å². The molecule has 10 nitrogen and oxygen atoms in total. The van der Waals surface area contributed by atoms with E-state index >= 15 is 0 Å². The standard InChI is InChI=1S/C16H13ClFN7O3/c17-10-7-9(1-2-11(10)18)23-14(19)13-16(25-28-24-13)27-6-5-22-15(26)12-8-20-3-4-21-12/h1-4,7-8H,5-6H2,(H2,19,23)(H,22,26). The smallest absolute Gasteiger partial charge is 0.287 e. The number of nitrogens with two attached hydrogens (primary N) is 1. The van der Waals surface area contributed by atoms with Crippen LogP contribution in [0.3, 0.4) is 0 Å². The summed E-state index contributed by atoms with van der Waals surface area (Å²) in [5, 5.41) is 9.74. The third-order valence-corrected chi connectivity index (χ3v) is 3.57. The molecule has 3 rings (SSSR count). The molecule has 0 fully saturated rings. The molecule has 1 aromatic carbocycles. The monoisotopic (exact) mass is 405 g/mol. The number of amidine groups is 1. The van der Waals surface area contributed by atoms with E-state index < -0.39 is 11.7 Å². The Balaban J connectivity index is 1.58. The first-order valence-electron chi connectivity index (χ1n) is 7.83. The number of aromatic nitrogens is 4. The summed E-state index contributed by atoms with van der Waals surface area (Å²) >= 11 is 5.71. The molecule has 0 aliphatic heterocycles. The summed E-state index contributed by atoms with van der Waals surface area (Å²) in [6.45, 7) is 0.217. The molecule has 28 heavy (non-hydrogen) atoms. The van der Waals surface area contributed by atoms with E-state index in [9.17, 15) is 9.18 Å². The van der Waals surface area contributed by atoms with Crippen molar-refractivity contribution in [3.8, 4) is 5.88 Å². The van der Waals surface area contributed by atoms with Gasteiger partial charge in [-0.15, -0.1) is 0 Å². The lowest BCUT2D eigenvalue weighted by Gasteiger charge is -2.05. The predicted octanol–water partition coefficient (Wildman–Crippen LogP) is 1.50. The number of hydrogen-bond donors (Lipinski definition) is 2. The number of rotatable bonds is 7. The Morgan fingerprint density at radius 3 is 2.96 bits per heavy atom. The molecule has 144 valence electrons. The van der Waals surface area contributed by atoms with Crippen molar-refractivity contribution >= 4 is 29.0 Å². The highest BCUT2D eigenvalue weighted by Gasteiger charge is 2.16. The van der Waals surface area contributed by atoms with Crippen molar-refractivity contribution in [2.75, 3.05) is 13.2 Å². The highest BCUT2D eigenvalue weighted by atomic mass is 35.5. The molecule has 3 aromatic rings. The number of carbonyl (C=O) groups is 1. The van der Waals surface area contributed by atoms with Gasteiger partial charge in [0.25, 0.3) is 11.8 Å². The quantitative estimate of drug-likeness (QED) is 0.342. The third kappa shape index (κ3) is 4.76. The SMILES string of the molecule is NC(=Nc1ccc(F)c(Cl)c1)c1nonc1OCCNC(=O)c1cnccn1. The lowest BCUT2D eigenvalue weighted by molar-refractivity contribution is 0.0941. The van der Waals surface area contributed by atoms with E-state index in [1.807, 2.05) is 0 Å². The van der Waals surface area contributed by atoms with Gasteiger partial charge >= 0.3 is 0 Å². The van der Waals surface area contributed by atoms with Gasteiger partial charge in [0, 0.05) is 12.4 Å². The maximum Gasteiger partial charge on any atom is 0.287 e. The Labute approximate surface area is 162 Å². The molecule has 1 amide bonds. The first-order chi connectivity index (χ1) is 13.5. The van der Waals surface area contributed by atoms with E-state index in [-0.39, 0.29) is 41.3 Å². The van der Waals surface area contributed by atoms with Crippen LogP contribution >= 0.6 is 11.6 Å². The Morgan fingerprint density at radius 1 is 1.36 bits per heavy atom. The molecule has 0 atom stereocenters. The van der Waals surface area contributed by atoms with Crippen LogP contribution < -0.4 is 15.8 Å². The van der Waals surface area contributed by atoms with Gasteiger partial charge in [-0.25, -0.2) is 19.0 Å². The predicted molar refractivity (Wildman–Crippen MR) is 96.0 cm³/mol. The molecule has 0 saturated heterocycles. The van der Waals surface area contributed by atoms with Crippen molar-refractivity contribution in [2.24, 2.45) is 10.7 Å². The van der Waals surface area contributed by atoms with Gasteiger partial charge in [0.05, 0.1) is 23.5 Å². The first kappa shape index (κ1) is 19.2. The molecule has 0 bridgehead atoms. The number of aliphatic imine (C=N–C) groups is 1. The Kier molecular flexibility index (Phi) is 6.07. The number of ether oxygens (including phenoxy) is 1. The molecule has 3 N–H and O–H groups in total. The molecule has 0 aliphatic carbocycles. The Bertz CT molecular complexity index is 997. The fourth-order valence-electron chi connectivity index (χ4n) is 2.00. The van der Waals surface area contributed by atoms with Gasteiger partial charge in [0.1, 0.15) is 18.1 Å². The number of benzene rings is 1. The maximum absolute atomic E-state index is 13.2. The van der Waals surface area contributed by atoms with Crippen molar-refractivity contribution < 1.29 is 18.6 Å². The number of halogens is 2. The Morgan fingerprint density at radius 2 is 2.21 bits per heavy atom. The highest BCUT2D eigenvalue weighted by molar-refractivity contribution is 6.31. The molecule has 12 heteroatoms. The fourth-order valence-corrected chi connectivity index (χ4v) is 2.17. The van der Waals surface area contributed by atoms with E-state index in [0.29, 0.717) is 5.69 Å². The first-order valence-corrected chi connectivity index (χ1v) is 8.21. The number of carbonyl (C=O) groups excluding carboxylic acids is 1. The molecule has 2 heterocycles. The van der Waals surface area contributed by atoms with E-state index in [0.717, 1.165) is 6.07 Å². The maximum atomic E-state index is 13.2. The van der Waals surface area contributed by atoms with Gasteiger partial charge < -0.3 is 15.8 Å². The van der Waals surface area contributed by atoms with Crippen LogP contribution in [0.15, 0.2) is 46.4 Å². The summed E-state index contributed by atoms with van der Waals surface area (Å²) in [5.41, 5.74) is 6.43. The zero-order valence-electron chi connectivity index (χ0n) is 14.2. The number of amides is 1. The summed E-state index contributed by atoms with van der Waals surface area (Å²) in [5.74, 6) is -1.05. The summed E-state index contributed by atoms with van der Waals surface area (Å²) in [6.07, 6.45) is 4.22. The summed E-state index contributed by atoms with van der Waals surface area (Å²) in [7, 11) is 0. The van der Waals surface area contributed by atoms with E-state index in [1.54, 1.807) is 0 Å². The minimum atomic E-state index is -0.574. The van der Waals surface area contributed by atoms with Crippen LogP contribution in [0.1, 0.15) is 16.2 Å². The van der Waals surface area contributed by atoms with E-state index in [4.69, 9.17) is 22.1 Å². The zero-order valence-corrected chi connectivity index (χ0v) is 14.9. The van der Waals surface area contributed by atoms with Gasteiger partial charge in [0.2, 0.25) is 5.69 Å². The average Bonchev–Trinajstić information content (AvgIpc) is 3.17. The van der Waals surface area contributed by atoms with Gasteiger partial charge in [-0.2, -0.15) is 0 Å². The molecular weight excluding hydrogens is 393 g/mol. The van der Waals surface area contributed by atoms with Crippen molar-refractivity contribution in [3.05, 3.63) is 59.0 Å². The minimum absolute atomic E-state index is 0.0109. The minimum Gasteiger partial charge on any atom is -0.472 e. The molecule has 2 aromatic heterocycles. The van der Waals surface area contributed by atoms with Crippen LogP contribution in [0.2, 0.25) is 5.02 Å². The molecule has 0 unspecified atom stereocenters. The molecule has 0 radical (unpaired) electrons. The second kappa shape index (κ2) is 8.86. The van der Waals surface area contributed by atoms with Gasteiger partial charge in [-0.3, -0.25) is 9.78 Å². The zero-order chi connectivity index (χ0) is 19.9. The average molecular weight is 406 g/mol. The molecule has 0 spiro atoms. The molecular formula is C16H13ClFN7O3.